The normalized spacial score (nSPS) is 21.8. The average molecular weight is 328 g/mol. The van der Waals surface area contributed by atoms with E-state index in [1.54, 1.807) is 30.3 Å². The van der Waals surface area contributed by atoms with Crippen molar-refractivity contribution in [2.24, 2.45) is 0 Å². The average Bonchev–Trinajstić information content (AvgIpc) is 3.12. The standard InChI is InChI=1S/C15H12N4O5/c20-13(8-4-2-1-3-5-8)18-6-9-10-7-17(15(23)19(10)24)12(14(21)22)11(9)16-18/h1-6,10,12,24H,7H2,(H,21,22). The summed E-state index contributed by atoms with van der Waals surface area (Å²) in [5, 5.41) is 23.9. The van der Waals surface area contributed by atoms with Crippen LogP contribution in [0.2, 0.25) is 0 Å². The molecular weight excluding hydrogens is 316 g/mol. The number of urea groups is 1. The van der Waals surface area contributed by atoms with E-state index in [1.165, 1.54) is 6.20 Å². The first-order chi connectivity index (χ1) is 11.5. The largest absolute Gasteiger partial charge is 0.479 e. The molecule has 2 N–H and O–H groups in total. The van der Waals surface area contributed by atoms with Gasteiger partial charge in [0, 0.05) is 17.3 Å². The van der Waals surface area contributed by atoms with Gasteiger partial charge in [0.05, 0.1) is 6.54 Å². The molecule has 3 heterocycles. The highest BCUT2D eigenvalue weighted by Gasteiger charge is 2.52. The van der Waals surface area contributed by atoms with E-state index >= 15 is 0 Å². The van der Waals surface area contributed by atoms with Crippen molar-refractivity contribution in [1.29, 1.82) is 0 Å². The van der Waals surface area contributed by atoms with Gasteiger partial charge in [0.1, 0.15) is 11.7 Å². The lowest BCUT2D eigenvalue weighted by atomic mass is 9.98. The SMILES string of the molecule is O=C(O)C1c2nn(C(=O)c3ccccc3)cc2C2CN1C(=O)N2O. The number of aliphatic carboxylic acids is 1. The first kappa shape index (κ1) is 14.4. The second kappa shape index (κ2) is 4.90. The zero-order valence-corrected chi connectivity index (χ0v) is 12.2. The van der Waals surface area contributed by atoms with Crippen LogP contribution >= 0.6 is 0 Å². The van der Waals surface area contributed by atoms with Crippen LogP contribution in [-0.4, -0.2) is 54.5 Å². The molecule has 2 aliphatic heterocycles. The smallest absolute Gasteiger partial charge is 0.345 e. The van der Waals surface area contributed by atoms with Crippen molar-refractivity contribution in [2.45, 2.75) is 12.1 Å². The number of hydrogen-bond donors (Lipinski definition) is 2. The Morgan fingerprint density at radius 1 is 1.21 bits per heavy atom. The van der Waals surface area contributed by atoms with Gasteiger partial charge >= 0.3 is 12.0 Å². The van der Waals surface area contributed by atoms with Gasteiger partial charge in [0.15, 0.2) is 6.04 Å². The Bertz CT molecular complexity index is 862. The molecule has 122 valence electrons. The molecular formula is C15H12N4O5. The highest BCUT2D eigenvalue weighted by Crippen LogP contribution is 2.42. The van der Waals surface area contributed by atoms with E-state index in [0.29, 0.717) is 16.2 Å². The summed E-state index contributed by atoms with van der Waals surface area (Å²) < 4.78 is 1.05. The van der Waals surface area contributed by atoms with E-state index in [2.05, 4.69) is 5.10 Å². The van der Waals surface area contributed by atoms with Crippen LogP contribution in [0.3, 0.4) is 0 Å². The molecule has 0 saturated carbocycles. The minimum absolute atomic E-state index is 0.0323. The molecule has 9 nitrogen and oxygen atoms in total. The van der Waals surface area contributed by atoms with Crippen LogP contribution in [0.15, 0.2) is 36.5 Å². The van der Waals surface area contributed by atoms with E-state index in [1.807, 2.05) is 0 Å². The second-order valence-electron chi connectivity index (χ2n) is 5.62. The number of nitrogens with zero attached hydrogens (tertiary/aromatic N) is 4. The first-order valence-electron chi connectivity index (χ1n) is 7.19. The fraction of sp³-hybridized carbons (Fsp3) is 0.200. The highest BCUT2D eigenvalue weighted by molar-refractivity contribution is 5.95. The van der Waals surface area contributed by atoms with Crippen molar-refractivity contribution < 1.29 is 24.7 Å². The second-order valence-corrected chi connectivity index (χ2v) is 5.62. The first-order valence-corrected chi connectivity index (χ1v) is 7.19. The Morgan fingerprint density at radius 3 is 2.58 bits per heavy atom. The molecule has 0 radical (unpaired) electrons. The topological polar surface area (TPSA) is 116 Å². The Hall–Kier alpha value is -3.20. The maximum absolute atomic E-state index is 12.5. The predicted molar refractivity (Wildman–Crippen MR) is 77.2 cm³/mol. The molecule has 0 aliphatic carbocycles. The fourth-order valence-corrected chi connectivity index (χ4v) is 3.14. The monoisotopic (exact) mass is 328 g/mol. The molecule has 2 amide bonds. The zero-order valence-electron chi connectivity index (χ0n) is 12.2. The maximum atomic E-state index is 12.5. The summed E-state index contributed by atoms with van der Waals surface area (Å²) in [6.07, 6.45) is 1.38. The molecule has 2 aromatic rings. The van der Waals surface area contributed by atoms with E-state index < -0.39 is 30.0 Å². The van der Waals surface area contributed by atoms with Crippen molar-refractivity contribution in [3.8, 4) is 0 Å². The summed E-state index contributed by atoms with van der Waals surface area (Å²) in [6.45, 7) is 0.0323. The lowest BCUT2D eigenvalue weighted by Crippen LogP contribution is -2.38. The molecule has 1 fully saturated rings. The molecule has 1 saturated heterocycles. The number of carboxylic acid groups (broad SMARTS) is 1. The van der Waals surface area contributed by atoms with Crippen LogP contribution in [-0.2, 0) is 4.79 Å². The van der Waals surface area contributed by atoms with E-state index in [9.17, 15) is 24.7 Å². The number of carbonyl (C=O) groups excluding carboxylic acids is 2. The van der Waals surface area contributed by atoms with Gasteiger partial charge in [0.25, 0.3) is 5.91 Å². The lowest BCUT2D eigenvalue weighted by molar-refractivity contribution is -0.142. The summed E-state index contributed by atoms with van der Waals surface area (Å²) in [5.74, 6) is -1.69. The molecule has 4 rings (SSSR count). The third kappa shape index (κ3) is 1.85. The number of aromatic nitrogens is 2. The van der Waals surface area contributed by atoms with Crippen LogP contribution in [0.5, 0.6) is 0 Å². The molecule has 0 spiro atoms. The van der Waals surface area contributed by atoms with E-state index in [-0.39, 0.29) is 12.2 Å². The van der Waals surface area contributed by atoms with Gasteiger partial charge in [0.2, 0.25) is 0 Å². The van der Waals surface area contributed by atoms with Gasteiger partial charge in [-0.15, -0.1) is 0 Å². The minimum Gasteiger partial charge on any atom is -0.479 e. The molecule has 2 unspecified atom stereocenters. The molecule has 2 bridgehead atoms. The zero-order chi connectivity index (χ0) is 17.0. The summed E-state index contributed by atoms with van der Waals surface area (Å²) in [6, 6.07) is 5.58. The maximum Gasteiger partial charge on any atom is 0.345 e. The van der Waals surface area contributed by atoms with Crippen LogP contribution < -0.4 is 0 Å². The number of carbonyl (C=O) groups is 3. The Labute approximate surface area is 135 Å². The van der Waals surface area contributed by atoms with Gasteiger partial charge in [-0.3, -0.25) is 10.0 Å². The quantitative estimate of drug-likeness (QED) is 0.791. The fourth-order valence-electron chi connectivity index (χ4n) is 3.14. The number of benzene rings is 1. The van der Waals surface area contributed by atoms with E-state index in [0.717, 1.165) is 9.58 Å². The third-order valence-corrected chi connectivity index (χ3v) is 4.27. The highest BCUT2D eigenvalue weighted by atomic mass is 16.5. The van der Waals surface area contributed by atoms with Crippen LogP contribution in [0.1, 0.15) is 33.7 Å². The van der Waals surface area contributed by atoms with Crippen molar-refractivity contribution in [1.82, 2.24) is 19.7 Å². The van der Waals surface area contributed by atoms with Crippen molar-refractivity contribution in [2.75, 3.05) is 6.54 Å². The van der Waals surface area contributed by atoms with Crippen LogP contribution in [0.25, 0.3) is 0 Å². The third-order valence-electron chi connectivity index (χ3n) is 4.27. The number of amides is 2. The van der Waals surface area contributed by atoms with Gasteiger partial charge in [-0.2, -0.15) is 10.2 Å². The van der Waals surface area contributed by atoms with Gasteiger partial charge in [-0.1, -0.05) is 18.2 Å². The summed E-state index contributed by atoms with van der Waals surface area (Å²) in [4.78, 5) is 37.0. The number of hydrogen-bond acceptors (Lipinski definition) is 5. The van der Waals surface area contributed by atoms with Gasteiger partial charge in [-0.25, -0.2) is 14.3 Å². The van der Waals surface area contributed by atoms with Gasteiger partial charge in [-0.05, 0) is 12.1 Å². The molecule has 1 aromatic carbocycles. The number of hydroxylamine groups is 2. The minimum atomic E-state index is -1.33. The van der Waals surface area contributed by atoms with Crippen molar-refractivity contribution in [3.05, 3.63) is 53.3 Å². The Morgan fingerprint density at radius 2 is 1.92 bits per heavy atom. The summed E-state index contributed by atoms with van der Waals surface area (Å²) >= 11 is 0. The van der Waals surface area contributed by atoms with E-state index in [4.69, 9.17) is 0 Å². The molecule has 9 heteroatoms. The predicted octanol–water partition coefficient (Wildman–Crippen LogP) is 0.879. The van der Waals surface area contributed by atoms with Crippen molar-refractivity contribution >= 4 is 17.9 Å². The summed E-state index contributed by atoms with van der Waals surface area (Å²) in [5.41, 5.74) is 0.843. The number of fused-ring (bicyclic) bond motifs is 4. The molecule has 2 atom stereocenters. The Kier molecular flexibility index (Phi) is 2.94. The number of carboxylic acids is 1. The summed E-state index contributed by atoms with van der Waals surface area (Å²) in [7, 11) is 0. The van der Waals surface area contributed by atoms with Crippen LogP contribution in [0, 0.1) is 0 Å². The van der Waals surface area contributed by atoms with Crippen molar-refractivity contribution in [3.63, 3.8) is 0 Å². The Balaban J connectivity index is 1.81. The van der Waals surface area contributed by atoms with Gasteiger partial charge < -0.3 is 10.0 Å². The van der Waals surface area contributed by atoms with Crippen LogP contribution in [0.4, 0.5) is 4.79 Å². The lowest BCUT2D eigenvalue weighted by Gasteiger charge is -2.25. The molecule has 24 heavy (non-hydrogen) atoms. The number of rotatable bonds is 2. The molecule has 2 aliphatic rings. The molecule has 1 aromatic heterocycles.